The highest BCUT2D eigenvalue weighted by Crippen LogP contribution is 2.67. The van der Waals surface area contributed by atoms with Gasteiger partial charge in [0.2, 0.25) is 11.9 Å². The molecule has 0 saturated carbocycles. The maximum atomic E-state index is 13.8. The third kappa shape index (κ3) is 12.5. The van der Waals surface area contributed by atoms with Gasteiger partial charge in [0.05, 0.1) is 37.7 Å². The summed E-state index contributed by atoms with van der Waals surface area (Å²) in [5, 5.41) is 27.3. The third-order valence-corrected chi connectivity index (χ3v) is 18.7. The number of phosphoric acid groups is 3. The lowest BCUT2D eigenvalue weighted by molar-refractivity contribution is -0.0581. The molecule has 0 amide bonds. The van der Waals surface area contributed by atoms with Crippen LogP contribution < -0.4 is 37.5 Å². The number of aromatic nitrogens is 12. The van der Waals surface area contributed by atoms with Crippen molar-refractivity contribution < 1.29 is 89.2 Å². The van der Waals surface area contributed by atoms with Gasteiger partial charge in [-0.1, -0.05) is 23.7 Å². The maximum Gasteiger partial charge on any atom is 0.488 e. The third-order valence-electron chi connectivity index (χ3n) is 12.7. The molecule has 12 N–H and O–H groups in total. The van der Waals surface area contributed by atoms with E-state index in [1.807, 2.05) is 0 Å². The SMILES string of the molecule is CNc1nc2nc(-c3ccc(P(=O)(O)OP(=O)(O)OP(=O)(O)OCC4OC(n5cnc6c(NC)ncnc65)C(OC)C4OP(=O)(O)OCC4OC(n5cnc6c(=O)[nH]c(N)nc65)C(O)C4O)cc3)n(CCOc3ccc(Cl)cc3)c2c(=O)[nH]1. The fourth-order valence-corrected chi connectivity index (χ4v) is 14.0. The minimum Gasteiger partial charge on any atom is -0.492 e. The number of benzene rings is 2. The number of fused-ring (bicyclic) bond motifs is 3. The molecule has 8 heterocycles. The molecule has 2 aliphatic heterocycles. The Kier molecular flexibility index (Phi) is 16.9. The number of nitrogens with one attached hydrogen (secondary N) is 4. The summed E-state index contributed by atoms with van der Waals surface area (Å²) in [5.41, 5.74) is 4.73. The Morgan fingerprint density at radius 3 is 2.11 bits per heavy atom. The van der Waals surface area contributed by atoms with E-state index in [1.54, 1.807) is 31.3 Å². The minimum atomic E-state index is -6.09. The Balaban J connectivity index is 0.836. The van der Waals surface area contributed by atoms with Gasteiger partial charge in [-0.15, -0.1) is 0 Å². The number of imidazole rings is 3. The number of nitrogens with two attached hydrogens (primary N) is 1. The van der Waals surface area contributed by atoms with E-state index in [2.05, 4.69) is 64.1 Å². The molecule has 6 aromatic heterocycles. The molecule has 2 aliphatic rings. The highest BCUT2D eigenvalue weighted by Gasteiger charge is 2.53. The number of halogens is 1. The molecule has 12 atom stereocenters. The van der Waals surface area contributed by atoms with E-state index in [9.17, 15) is 57.6 Å². The molecule has 0 aliphatic carbocycles. The summed E-state index contributed by atoms with van der Waals surface area (Å²) in [6.07, 6.45) is -9.68. The number of nitrogens with zero attached hydrogens (tertiary/aromatic N) is 10. The van der Waals surface area contributed by atoms with E-state index >= 15 is 0 Å². The van der Waals surface area contributed by atoms with Crippen molar-refractivity contribution in [2.75, 3.05) is 57.4 Å². The van der Waals surface area contributed by atoms with Crippen molar-refractivity contribution in [3.63, 3.8) is 0 Å². The van der Waals surface area contributed by atoms with Crippen LogP contribution >= 0.6 is 42.7 Å². The van der Waals surface area contributed by atoms with Gasteiger partial charge in [-0.3, -0.25) is 46.8 Å². The van der Waals surface area contributed by atoms with Crippen molar-refractivity contribution in [2.24, 2.45) is 0 Å². The van der Waals surface area contributed by atoms with Crippen molar-refractivity contribution in [1.82, 2.24) is 58.6 Å². The van der Waals surface area contributed by atoms with Gasteiger partial charge in [0.1, 0.15) is 66.6 Å². The Morgan fingerprint density at radius 2 is 1.41 bits per heavy atom. The number of hydrogen-bond donors (Lipinski definition) is 11. The molecule has 12 unspecified atom stereocenters. The Morgan fingerprint density at radius 1 is 0.735 bits per heavy atom. The fourth-order valence-electron chi connectivity index (χ4n) is 8.95. The van der Waals surface area contributed by atoms with Crippen molar-refractivity contribution >= 4 is 99.2 Å². The summed E-state index contributed by atoms with van der Waals surface area (Å²) in [4.78, 5) is 104. The van der Waals surface area contributed by atoms with Gasteiger partial charge in [0.25, 0.3) is 11.1 Å². The van der Waals surface area contributed by atoms with Crippen LogP contribution in [0.3, 0.4) is 0 Å². The maximum absolute atomic E-state index is 13.8. The number of nitrogen functional groups attached to an aromatic ring is 1. The zero-order valence-electron chi connectivity index (χ0n) is 42.8. The van der Waals surface area contributed by atoms with Crippen molar-refractivity contribution in [1.29, 1.82) is 0 Å². The van der Waals surface area contributed by atoms with E-state index in [4.69, 9.17) is 49.9 Å². The van der Waals surface area contributed by atoms with E-state index < -0.39 is 110 Å². The van der Waals surface area contributed by atoms with Crippen LogP contribution in [0.2, 0.25) is 5.02 Å². The monoisotopic (exact) mass is 1260 g/mol. The van der Waals surface area contributed by atoms with E-state index in [1.165, 1.54) is 41.0 Å². The number of ether oxygens (including phenoxy) is 4. The van der Waals surface area contributed by atoms with Gasteiger partial charge in [0.15, 0.2) is 46.2 Å². The molecule has 8 aromatic rings. The Bertz CT molecular complexity index is 4040. The average molecular weight is 1260 g/mol. The second kappa shape index (κ2) is 23.5. The number of H-pyrrole nitrogens is 2. The van der Waals surface area contributed by atoms with Gasteiger partial charge in [-0.05, 0) is 36.4 Å². The smallest absolute Gasteiger partial charge is 0.488 e. The minimum absolute atomic E-state index is 0.0226. The van der Waals surface area contributed by atoms with Crippen LogP contribution in [0.25, 0.3) is 44.9 Å². The summed E-state index contributed by atoms with van der Waals surface area (Å²) >= 11 is 5.99. The Hall–Kier alpha value is -6.46. The lowest BCUT2D eigenvalue weighted by Crippen LogP contribution is -2.38. The van der Waals surface area contributed by atoms with Crippen molar-refractivity contribution in [3.8, 4) is 17.1 Å². The quantitative estimate of drug-likeness (QED) is 0.0401. The number of aliphatic hydroxyl groups excluding tert-OH is 2. The molecule has 444 valence electrons. The molecule has 41 heteroatoms. The summed E-state index contributed by atoms with van der Waals surface area (Å²) in [6.45, 7) is -2.09. The predicted molar refractivity (Wildman–Crippen MR) is 286 cm³/mol. The lowest BCUT2D eigenvalue weighted by Gasteiger charge is -2.26. The van der Waals surface area contributed by atoms with Crippen LogP contribution in [0.5, 0.6) is 5.75 Å². The van der Waals surface area contributed by atoms with Gasteiger partial charge in [-0.25, -0.2) is 42.9 Å². The molecule has 83 heavy (non-hydrogen) atoms. The van der Waals surface area contributed by atoms with Crippen molar-refractivity contribution in [2.45, 2.75) is 55.6 Å². The first-order valence-electron chi connectivity index (χ1n) is 24.0. The summed E-state index contributed by atoms with van der Waals surface area (Å²) in [5.74, 6) is 0.695. The van der Waals surface area contributed by atoms with E-state index in [0.717, 1.165) is 30.1 Å². The largest absolute Gasteiger partial charge is 0.492 e. The van der Waals surface area contributed by atoms with Crippen LogP contribution in [-0.2, 0) is 61.2 Å². The fraction of sp³-hybridized carbons (Fsp3) is 0.357. The number of aromatic amines is 2. The second-order valence-electron chi connectivity index (χ2n) is 17.9. The first-order chi connectivity index (χ1) is 39.4. The molecule has 2 fully saturated rings. The van der Waals surface area contributed by atoms with Crippen LogP contribution in [0.15, 0.2) is 77.1 Å². The molecule has 36 nitrogen and oxygen atoms in total. The van der Waals surface area contributed by atoms with Gasteiger partial charge >= 0.3 is 31.1 Å². The second-order valence-corrected chi connectivity index (χ2v) is 24.7. The molecule has 2 saturated heterocycles. The molecular weight excluding hydrogens is 1210 g/mol. The number of anilines is 3. The number of rotatable bonds is 23. The van der Waals surface area contributed by atoms with Gasteiger partial charge in [0, 0.05) is 31.8 Å². The molecule has 10 rings (SSSR count). The zero-order chi connectivity index (χ0) is 59.3. The molecule has 0 radical (unpaired) electrons. The number of methoxy groups -OCH3 is 1. The van der Waals surface area contributed by atoms with Gasteiger partial charge in [-0.2, -0.15) is 14.3 Å². The lowest BCUT2D eigenvalue weighted by atomic mass is 10.1. The summed E-state index contributed by atoms with van der Waals surface area (Å²) < 4.78 is 106. The van der Waals surface area contributed by atoms with Crippen LogP contribution in [0.1, 0.15) is 12.5 Å². The molecule has 2 aromatic carbocycles. The van der Waals surface area contributed by atoms with Crippen LogP contribution in [-0.4, -0.2) is 166 Å². The highest BCUT2D eigenvalue weighted by atomic mass is 35.5. The first-order valence-corrected chi connectivity index (χ1v) is 30.5. The number of hydrogen-bond acceptors (Lipinski definition) is 27. The number of phosphoric ester groups is 2. The van der Waals surface area contributed by atoms with Crippen molar-refractivity contribution in [3.05, 3.63) is 93.2 Å². The zero-order valence-corrected chi connectivity index (χ0v) is 47.2. The molecule has 0 bridgehead atoms. The highest BCUT2D eigenvalue weighted by molar-refractivity contribution is 7.71. The normalized spacial score (nSPS) is 23.9. The number of aliphatic hydroxyl groups is 2. The average Bonchev–Trinajstić information content (AvgIpc) is 2.59. The standard InChI is InChI=1S/C42H48ClN15O21P4/c1-45-32-25-35(48-16-47-32)57(17-49-25)40-31(71-3)30(77-81(65,66)73-14-23-28(59)29(60)39(75-23)58-18-50-26-36(58)53-41(44)54-37(26)61)24(76-40)15-74-82(67,68)79-83(69,70)78-80(63,64)22-10-4-19(5-11-22)34-51-33-27(38(62)55-42(46-2)52-33)56(34)12-13-72-21-8-6-20(43)7-9-21/h4-11,16-18,23-24,28-31,39-40,59-60H,12-15H2,1-3H3,(H,63,64)(H,65,66)(H,67,68)(H,69,70)(H,45,47,48)(H3,44,53,54,61)(H2,46,52,55,62). The summed E-state index contributed by atoms with van der Waals surface area (Å²) in [7, 11) is -18.7. The predicted octanol–water partition coefficient (Wildman–Crippen LogP) is 1.25. The van der Waals surface area contributed by atoms with Gasteiger partial charge < -0.3 is 69.7 Å². The van der Waals surface area contributed by atoms with Crippen LogP contribution in [0, 0.1) is 0 Å². The first kappa shape index (κ1) is 59.7. The van der Waals surface area contributed by atoms with E-state index in [0.29, 0.717) is 10.8 Å². The topological polar surface area (TPSA) is 494 Å². The van der Waals surface area contributed by atoms with E-state index in [-0.39, 0.29) is 75.7 Å². The Labute approximate surface area is 468 Å². The summed E-state index contributed by atoms with van der Waals surface area (Å²) in [6, 6.07) is 11.1. The molecular formula is C42H48ClN15O21P4. The molecule has 0 spiro atoms. The van der Waals surface area contributed by atoms with Crippen LogP contribution in [0.4, 0.5) is 17.7 Å².